The molecular weight excluding hydrogens is 273 g/mol. The molecule has 0 aliphatic heterocycles. The fourth-order valence-corrected chi connectivity index (χ4v) is 1.94. The minimum Gasteiger partial charge on any atom is -0.389 e. The topological polar surface area (TPSA) is 41.9 Å². The summed E-state index contributed by atoms with van der Waals surface area (Å²) in [5.74, 6) is -0.250. The molecule has 1 rings (SSSR count). The molecular formula is C16H24FNO3. The van der Waals surface area contributed by atoms with Crippen molar-refractivity contribution in [1.82, 2.24) is 4.90 Å². The van der Waals surface area contributed by atoms with Crippen LogP contribution in [0.5, 0.6) is 0 Å². The predicted octanol–water partition coefficient (Wildman–Crippen LogP) is 1.84. The zero-order valence-corrected chi connectivity index (χ0v) is 12.5. The van der Waals surface area contributed by atoms with Crippen LogP contribution in [0.2, 0.25) is 0 Å². The van der Waals surface area contributed by atoms with Crippen LogP contribution in [0.3, 0.4) is 0 Å². The van der Waals surface area contributed by atoms with E-state index >= 15 is 0 Å². The molecule has 0 aromatic heterocycles. The second-order valence-corrected chi connectivity index (χ2v) is 4.83. The molecule has 0 unspecified atom stereocenters. The van der Waals surface area contributed by atoms with Gasteiger partial charge >= 0.3 is 0 Å². The van der Waals surface area contributed by atoms with Gasteiger partial charge in [-0.15, -0.1) is 6.58 Å². The lowest BCUT2D eigenvalue weighted by Gasteiger charge is -2.24. The molecule has 118 valence electrons. The third-order valence-corrected chi connectivity index (χ3v) is 2.95. The molecule has 0 saturated heterocycles. The van der Waals surface area contributed by atoms with Crippen molar-refractivity contribution in [2.45, 2.75) is 12.6 Å². The Balaban J connectivity index is 2.49. The van der Waals surface area contributed by atoms with Crippen molar-refractivity contribution < 1.29 is 19.0 Å². The molecule has 0 saturated carbocycles. The third-order valence-electron chi connectivity index (χ3n) is 2.95. The van der Waals surface area contributed by atoms with Crippen molar-refractivity contribution in [2.75, 3.05) is 40.0 Å². The first-order chi connectivity index (χ1) is 10.2. The standard InChI is InChI=1S/C16H24FNO3/c1-3-9-21-13-16(19)12-18(8-10-20-2)11-14-4-6-15(17)7-5-14/h3-7,16,19H,1,8-13H2,2H3/t16-/m0/s1. The van der Waals surface area contributed by atoms with Gasteiger partial charge in [-0.2, -0.15) is 0 Å². The molecule has 0 amide bonds. The van der Waals surface area contributed by atoms with Gasteiger partial charge in [0.25, 0.3) is 0 Å². The highest BCUT2D eigenvalue weighted by Gasteiger charge is 2.12. The number of hydrogen-bond donors (Lipinski definition) is 1. The molecule has 5 heteroatoms. The SMILES string of the molecule is C=CCOC[C@@H](O)CN(CCOC)Cc1ccc(F)cc1. The summed E-state index contributed by atoms with van der Waals surface area (Å²) in [6.07, 6.45) is 1.07. The number of rotatable bonds is 11. The number of hydrogen-bond acceptors (Lipinski definition) is 4. The maximum atomic E-state index is 12.9. The van der Waals surface area contributed by atoms with E-state index in [-0.39, 0.29) is 12.4 Å². The molecule has 4 nitrogen and oxygen atoms in total. The molecule has 0 heterocycles. The van der Waals surface area contributed by atoms with E-state index in [9.17, 15) is 9.50 Å². The molecule has 21 heavy (non-hydrogen) atoms. The highest BCUT2D eigenvalue weighted by Crippen LogP contribution is 2.07. The van der Waals surface area contributed by atoms with Gasteiger partial charge in [0, 0.05) is 26.7 Å². The van der Waals surface area contributed by atoms with Crippen LogP contribution in [0.1, 0.15) is 5.56 Å². The third kappa shape index (κ3) is 7.92. The Kier molecular flexibility index (Phi) is 8.85. The van der Waals surface area contributed by atoms with Crippen LogP contribution < -0.4 is 0 Å². The summed E-state index contributed by atoms with van der Waals surface area (Å²) < 4.78 is 23.2. The second kappa shape index (κ2) is 10.5. The molecule has 0 fully saturated rings. The Labute approximate surface area is 125 Å². The molecule has 0 aliphatic rings. The Morgan fingerprint density at radius 2 is 2.10 bits per heavy atom. The van der Waals surface area contributed by atoms with Crippen LogP contribution in [0.4, 0.5) is 4.39 Å². The first kappa shape index (κ1) is 17.8. The van der Waals surface area contributed by atoms with Crippen molar-refractivity contribution in [1.29, 1.82) is 0 Å². The molecule has 0 aliphatic carbocycles. The predicted molar refractivity (Wildman–Crippen MR) is 80.6 cm³/mol. The zero-order chi connectivity index (χ0) is 15.5. The summed E-state index contributed by atoms with van der Waals surface area (Å²) in [4.78, 5) is 2.05. The molecule has 0 radical (unpaired) electrons. The second-order valence-electron chi connectivity index (χ2n) is 4.83. The quantitative estimate of drug-likeness (QED) is 0.500. The van der Waals surface area contributed by atoms with E-state index in [4.69, 9.17) is 9.47 Å². The average Bonchev–Trinajstić information content (AvgIpc) is 2.47. The Hall–Kier alpha value is -1.27. The van der Waals surface area contributed by atoms with E-state index in [1.807, 2.05) is 0 Å². The maximum Gasteiger partial charge on any atom is 0.123 e. The molecule has 0 bridgehead atoms. The van der Waals surface area contributed by atoms with Crippen LogP contribution >= 0.6 is 0 Å². The first-order valence-corrected chi connectivity index (χ1v) is 6.98. The zero-order valence-electron chi connectivity index (χ0n) is 12.5. The van der Waals surface area contributed by atoms with Crippen LogP contribution in [0.15, 0.2) is 36.9 Å². The van der Waals surface area contributed by atoms with Gasteiger partial charge < -0.3 is 14.6 Å². The summed E-state index contributed by atoms with van der Waals surface area (Å²) in [5.41, 5.74) is 0.992. The Bertz CT molecular complexity index is 397. The number of halogens is 1. The van der Waals surface area contributed by atoms with Gasteiger partial charge in [-0.1, -0.05) is 18.2 Å². The largest absolute Gasteiger partial charge is 0.389 e. The van der Waals surface area contributed by atoms with Crippen molar-refractivity contribution in [3.8, 4) is 0 Å². The lowest BCUT2D eigenvalue weighted by molar-refractivity contribution is 0.0194. The summed E-state index contributed by atoms with van der Waals surface area (Å²) in [6.45, 7) is 6.60. The van der Waals surface area contributed by atoms with Crippen molar-refractivity contribution >= 4 is 0 Å². The first-order valence-electron chi connectivity index (χ1n) is 6.98. The van der Waals surface area contributed by atoms with Crippen molar-refractivity contribution in [3.05, 3.63) is 48.3 Å². The van der Waals surface area contributed by atoms with Crippen LogP contribution in [-0.4, -0.2) is 56.1 Å². The molecule has 1 aromatic carbocycles. The highest BCUT2D eigenvalue weighted by atomic mass is 19.1. The van der Waals surface area contributed by atoms with Gasteiger partial charge in [0.15, 0.2) is 0 Å². The van der Waals surface area contributed by atoms with Crippen molar-refractivity contribution in [2.24, 2.45) is 0 Å². The molecule has 0 spiro atoms. The number of benzene rings is 1. The summed E-state index contributed by atoms with van der Waals surface area (Å²) in [7, 11) is 1.64. The van der Waals surface area contributed by atoms with Gasteiger partial charge in [-0.05, 0) is 17.7 Å². The summed E-state index contributed by atoms with van der Waals surface area (Å²) in [5, 5.41) is 9.97. The lowest BCUT2D eigenvalue weighted by atomic mass is 10.2. The van der Waals surface area contributed by atoms with Gasteiger partial charge in [-0.25, -0.2) is 4.39 Å². The Morgan fingerprint density at radius 3 is 2.71 bits per heavy atom. The van der Waals surface area contributed by atoms with E-state index in [0.29, 0.717) is 32.8 Å². The lowest BCUT2D eigenvalue weighted by Crippen LogP contribution is -2.36. The fourth-order valence-electron chi connectivity index (χ4n) is 1.94. The van der Waals surface area contributed by atoms with Crippen LogP contribution in [0.25, 0.3) is 0 Å². The van der Waals surface area contributed by atoms with E-state index < -0.39 is 6.10 Å². The minimum atomic E-state index is -0.581. The van der Waals surface area contributed by atoms with Crippen LogP contribution in [0, 0.1) is 5.82 Å². The normalized spacial score (nSPS) is 12.6. The van der Waals surface area contributed by atoms with E-state index in [0.717, 1.165) is 5.56 Å². The minimum absolute atomic E-state index is 0.250. The number of aliphatic hydroxyl groups is 1. The number of ether oxygens (including phenoxy) is 2. The number of aliphatic hydroxyl groups excluding tert-OH is 1. The molecule has 1 atom stereocenters. The number of methoxy groups -OCH3 is 1. The van der Waals surface area contributed by atoms with Crippen molar-refractivity contribution in [3.63, 3.8) is 0 Å². The summed E-state index contributed by atoms with van der Waals surface area (Å²) >= 11 is 0. The number of nitrogens with zero attached hydrogens (tertiary/aromatic N) is 1. The molecule has 1 N–H and O–H groups in total. The Morgan fingerprint density at radius 1 is 1.38 bits per heavy atom. The van der Waals surface area contributed by atoms with Gasteiger partial charge in [0.2, 0.25) is 0 Å². The van der Waals surface area contributed by atoms with E-state index in [1.165, 1.54) is 12.1 Å². The van der Waals surface area contributed by atoms with E-state index in [1.54, 1.807) is 25.3 Å². The maximum absolute atomic E-state index is 12.9. The highest BCUT2D eigenvalue weighted by molar-refractivity contribution is 5.15. The van der Waals surface area contributed by atoms with Gasteiger partial charge in [0.1, 0.15) is 5.82 Å². The van der Waals surface area contributed by atoms with Gasteiger partial charge in [0.05, 0.1) is 25.9 Å². The summed E-state index contributed by atoms with van der Waals surface area (Å²) in [6, 6.07) is 6.37. The smallest absolute Gasteiger partial charge is 0.123 e. The van der Waals surface area contributed by atoms with Gasteiger partial charge in [-0.3, -0.25) is 4.90 Å². The fraction of sp³-hybridized carbons (Fsp3) is 0.500. The van der Waals surface area contributed by atoms with Crippen LogP contribution in [-0.2, 0) is 16.0 Å². The average molecular weight is 297 g/mol. The van der Waals surface area contributed by atoms with E-state index in [2.05, 4.69) is 11.5 Å². The monoisotopic (exact) mass is 297 g/mol. The molecule has 1 aromatic rings.